The van der Waals surface area contributed by atoms with Gasteiger partial charge < -0.3 is 15.7 Å². The summed E-state index contributed by atoms with van der Waals surface area (Å²) in [5.41, 5.74) is 1.35. The van der Waals surface area contributed by atoms with Gasteiger partial charge in [-0.1, -0.05) is 0 Å². The van der Waals surface area contributed by atoms with Crippen molar-refractivity contribution in [2.24, 2.45) is 5.41 Å². The summed E-state index contributed by atoms with van der Waals surface area (Å²) in [5, 5.41) is 15.8. The van der Waals surface area contributed by atoms with E-state index in [-0.39, 0.29) is 6.61 Å². The van der Waals surface area contributed by atoms with Crippen LogP contribution in [-0.4, -0.2) is 34.8 Å². The van der Waals surface area contributed by atoms with Crippen LogP contribution in [0.5, 0.6) is 0 Å². The van der Waals surface area contributed by atoms with E-state index in [9.17, 15) is 0 Å². The quantitative estimate of drug-likeness (QED) is 0.703. The van der Waals surface area contributed by atoms with Gasteiger partial charge in [-0.2, -0.15) is 0 Å². The summed E-state index contributed by atoms with van der Waals surface area (Å²) in [5.74, 6) is 2.59. The minimum absolute atomic E-state index is 0.270. The lowest BCUT2D eigenvalue weighted by atomic mass is 10.0. The highest BCUT2D eigenvalue weighted by Crippen LogP contribution is 2.48. The molecule has 5 heteroatoms. The molecule has 0 saturated heterocycles. The fourth-order valence-electron chi connectivity index (χ4n) is 2.34. The summed E-state index contributed by atoms with van der Waals surface area (Å²) in [6.07, 6.45) is 3.27. The van der Waals surface area contributed by atoms with Gasteiger partial charge in [0.2, 0.25) is 0 Å². The third-order valence-electron chi connectivity index (χ3n) is 3.83. The van der Waals surface area contributed by atoms with Gasteiger partial charge in [0, 0.05) is 25.3 Å². The van der Waals surface area contributed by atoms with E-state index in [1.165, 1.54) is 12.8 Å². The number of rotatable bonds is 7. The first kappa shape index (κ1) is 14.1. The molecule has 1 heterocycles. The van der Waals surface area contributed by atoms with Crippen molar-refractivity contribution in [1.82, 2.24) is 9.97 Å². The first-order valence-electron chi connectivity index (χ1n) is 7.04. The standard InChI is InChI=1S/C14H24N4O/c1-4-15-12-10(2)13(18-11(3)17-12)16-9-14(5-6-14)7-8-19/h19H,4-9H2,1-3H3,(H2,15,16,17,18). The predicted molar refractivity (Wildman–Crippen MR) is 77.5 cm³/mol. The Hall–Kier alpha value is -1.36. The summed E-state index contributed by atoms with van der Waals surface area (Å²) in [6.45, 7) is 8.01. The van der Waals surface area contributed by atoms with E-state index >= 15 is 0 Å². The van der Waals surface area contributed by atoms with Crippen LogP contribution in [0.2, 0.25) is 0 Å². The maximum atomic E-state index is 9.09. The Bertz CT molecular complexity index is 443. The Morgan fingerprint density at radius 3 is 2.32 bits per heavy atom. The van der Waals surface area contributed by atoms with Crippen LogP contribution >= 0.6 is 0 Å². The maximum absolute atomic E-state index is 9.09. The molecule has 1 aliphatic carbocycles. The molecule has 1 fully saturated rings. The second-order valence-electron chi connectivity index (χ2n) is 5.45. The van der Waals surface area contributed by atoms with Crippen molar-refractivity contribution >= 4 is 11.6 Å². The van der Waals surface area contributed by atoms with E-state index in [1.54, 1.807) is 0 Å². The zero-order valence-corrected chi connectivity index (χ0v) is 12.1. The van der Waals surface area contributed by atoms with Crippen LogP contribution in [0.1, 0.15) is 37.6 Å². The van der Waals surface area contributed by atoms with Gasteiger partial charge in [-0.15, -0.1) is 0 Å². The highest BCUT2D eigenvalue weighted by molar-refractivity contribution is 5.57. The molecule has 0 spiro atoms. The molecule has 3 N–H and O–H groups in total. The molecular formula is C14H24N4O. The van der Waals surface area contributed by atoms with Crippen LogP contribution in [0.3, 0.4) is 0 Å². The topological polar surface area (TPSA) is 70.1 Å². The van der Waals surface area contributed by atoms with Crippen LogP contribution in [0.15, 0.2) is 0 Å². The predicted octanol–water partition coefficient (Wildman–Crippen LogP) is 2.10. The lowest BCUT2D eigenvalue weighted by Gasteiger charge is -2.18. The van der Waals surface area contributed by atoms with Crippen molar-refractivity contribution < 1.29 is 5.11 Å². The summed E-state index contributed by atoms with van der Waals surface area (Å²) < 4.78 is 0. The Balaban J connectivity index is 2.07. The second kappa shape index (κ2) is 5.74. The van der Waals surface area contributed by atoms with Crippen molar-refractivity contribution in [3.05, 3.63) is 11.4 Å². The van der Waals surface area contributed by atoms with Gasteiger partial charge in [0.05, 0.1) is 0 Å². The van der Waals surface area contributed by atoms with Gasteiger partial charge in [0.25, 0.3) is 0 Å². The lowest BCUT2D eigenvalue weighted by Crippen LogP contribution is -2.19. The van der Waals surface area contributed by atoms with Gasteiger partial charge in [0.15, 0.2) is 0 Å². The van der Waals surface area contributed by atoms with Crippen molar-refractivity contribution in [3.63, 3.8) is 0 Å². The van der Waals surface area contributed by atoms with Crippen LogP contribution in [0.4, 0.5) is 11.6 Å². The van der Waals surface area contributed by atoms with E-state index in [0.717, 1.165) is 42.5 Å². The Morgan fingerprint density at radius 1 is 1.16 bits per heavy atom. The van der Waals surface area contributed by atoms with Crippen molar-refractivity contribution in [3.8, 4) is 0 Å². The number of hydrogen-bond donors (Lipinski definition) is 3. The van der Waals surface area contributed by atoms with Crippen LogP contribution in [0.25, 0.3) is 0 Å². The number of nitrogens with one attached hydrogen (secondary N) is 2. The molecular weight excluding hydrogens is 240 g/mol. The molecule has 2 rings (SSSR count). The van der Waals surface area contributed by atoms with Crippen molar-refractivity contribution in [2.75, 3.05) is 30.3 Å². The first-order chi connectivity index (χ1) is 9.10. The molecule has 0 unspecified atom stereocenters. The fraction of sp³-hybridized carbons (Fsp3) is 0.714. The van der Waals surface area contributed by atoms with Gasteiger partial charge in [-0.05, 0) is 45.4 Å². The number of hydrogen-bond acceptors (Lipinski definition) is 5. The van der Waals surface area contributed by atoms with E-state index in [0.29, 0.717) is 5.41 Å². The number of aliphatic hydroxyl groups is 1. The third-order valence-corrected chi connectivity index (χ3v) is 3.83. The highest BCUT2D eigenvalue weighted by atomic mass is 16.3. The molecule has 1 saturated carbocycles. The Kier molecular flexibility index (Phi) is 4.24. The minimum Gasteiger partial charge on any atom is -0.396 e. The molecule has 0 bridgehead atoms. The average molecular weight is 264 g/mol. The molecule has 0 radical (unpaired) electrons. The summed E-state index contributed by atoms with van der Waals surface area (Å²) in [6, 6.07) is 0. The second-order valence-corrected chi connectivity index (χ2v) is 5.45. The van der Waals surface area contributed by atoms with Crippen LogP contribution in [0, 0.1) is 19.3 Å². The normalized spacial score (nSPS) is 16.2. The minimum atomic E-state index is 0.270. The molecule has 19 heavy (non-hydrogen) atoms. The largest absolute Gasteiger partial charge is 0.396 e. The molecule has 1 aromatic rings. The third kappa shape index (κ3) is 3.35. The number of nitrogens with zero attached hydrogens (tertiary/aromatic N) is 2. The lowest BCUT2D eigenvalue weighted by molar-refractivity contribution is 0.253. The SMILES string of the molecule is CCNc1nc(C)nc(NCC2(CCO)CC2)c1C. The van der Waals surface area contributed by atoms with Gasteiger partial charge in [-0.3, -0.25) is 0 Å². The van der Waals surface area contributed by atoms with E-state index < -0.39 is 0 Å². The fourth-order valence-corrected chi connectivity index (χ4v) is 2.34. The zero-order chi connectivity index (χ0) is 13.9. The molecule has 0 aliphatic heterocycles. The monoisotopic (exact) mass is 264 g/mol. The smallest absolute Gasteiger partial charge is 0.134 e. The summed E-state index contributed by atoms with van der Waals surface area (Å²) in [4.78, 5) is 8.90. The zero-order valence-electron chi connectivity index (χ0n) is 12.1. The molecule has 1 aliphatic rings. The molecule has 0 aromatic carbocycles. The number of anilines is 2. The Morgan fingerprint density at radius 2 is 1.79 bits per heavy atom. The van der Waals surface area contributed by atoms with Crippen molar-refractivity contribution in [2.45, 2.75) is 40.0 Å². The van der Waals surface area contributed by atoms with E-state index in [4.69, 9.17) is 5.11 Å². The average Bonchev–Trinajstić information content (AvgIpc) is 3.13. The number of aromatic nitrogens is 2. The highest BCUT2D eigenvalue weighted by Gasteiger charge is 2.41. The van der Waals surface area contributed by atoms with Crippen molar-refractivity contribution in [1.29, 1.82) is 0 Å². The van der Waals surface area contributed by atoms with E-state index in [2.05, 4.69) is 27.5 Å². The Labute approximate surface area is 114 Å². The molecule has 1 aromatic heterocycles. The van der Waals surface area contributed by atoms with Gasteiger partial charge in [-0.25, -0.2) is 9.97 Å². The molecule has 0 atom stereocenters. The van der Waals surface area contributed by atoms with E-state index in [1.807, 2.05) is 13.8 Å². The van der Waals surface area contributed by atoms with Gasteiger partial charge >= 0.3 is 0 Å². The number of aryl methyl sites for hydroxylation is 1. The molecule has 5 nitrogen and oxygen atoms in total. The molecule has 106 valence electrons. The first-order valence-corrected chi connectivity index (χ1v) is 7.04. The summed E-state index contributed by atoms with van der Waals surface area (Å²) in [7, 11) is 0. The van der Waals surface area contributed by atoms with Crippen LogP contribution < -0.4 is 10.6 Å². The number of aliphatic hydroxyl groups excluding tert-OH is 1. The molecule has 0 amide bonds. The van der Waals surface area contributed by atoms with Crippen LogP contribution in [-0.2, 0) is 0 Å². The maximum Gasteiger partial charge on any atom is 0.134 e. The van der Waals surface area contributed by atoms with Gasteiger partial charge in [0.1, 0.15) is 17.5 Å². The summed E-state index contributed by atoms with van der Waals surface area (Å²) >= 11 is 0.